The second-order valence-corrected chi connectivity index (χ2v) is 7.99. The Labute approximate surface area is 207 Å². The predicted octanol–water partition coefficient (Wildman–Crippen LogP) is 5.28. The number of benzene rings is 1. The summed E-state index contributed by atoms with van der Waals surface area (Å²) < 4.78 is 25.6. The number of hydrogen-bond donors (Lipinski definition) is 2. The third-order valence-corrected chi connectivity index (χ3v) is 5.82. The number of rotatable bonds is 10. The quantitative estimate of drug-likeness (QED) is 0.180. The second kappa shape index (κ2) is 13.6. The highest BCUT2D eigenvalue weighted by Gasteiger charge is 2.33. The molecule has 1 aromatic heterocycles. The van der Waals surface area contributed by atoms with Gasteiger partial charge in [0.05, 0.1) is 6.20 Å². The average molecular weight is 556 g/mol. The van der Waals surface area contributed by atoms with Gasteiger partial charge in [-0.2, -0.15) is 0 Å². The fourth-order valence-corrected chi connectivity index (χ4v) is 4.02. The number of nitrogens with one attached hydrogen (secondary N) is 2. The lowest BCUT2D eigenvalue weighted by molar-refractivity contribution is 0.105. The fraction of sp³-hybridized carbons (Fsp3) is 0.500. The van der Waals surface area contributed by atoms with Crippen LogP contribution < -0.4 is 15.4 Å². The number of aromatic nitrogens is 1. The van der Waals surface area contributed by atoms with Crippen LogP contribution in [0.4, 0.5) is 4.39 Å². The predicted molar refractivity (Wildman–Crippen MR) is 136 cm³/mol. The van der Waals surface area contributed by atoms with Crippen molar-refractivity contribution in [3.05, 3.63) is 54.1 Å². The van der Waals surface area contributed by atoms with E-state index in [1.807, 2.05) is 13.0 Å². The highest BCUT2D eigenvalue weighted by Crippen LogP contribution is 2.40. The summed E-state index contributed by atoms with van der Waals surface area (Å²) in [5, 5.41) is 6.75. The van der Waals surface area contributed by atoms with Gasteiger partial charge in [0, 0.05) is 39.5 Å². The van der Waals surface area contributed by atoms with Gasteiger partial charge < -0.3 is 20.1 Å². The van der Waals surface area contributed by atoms with Crippen molar-refractivity contribution in [3.63, 3.8) is 0 Å². The van der Waals surface area contributed by atoms with Crippen LogP contribution in [0.25, 0.3) is 0 Å². The van der Waals surface area contributed by atoms with Crippen LogP contribution in [0.15, 0.2) is 47.7 Å². The molecule has 1 saturated carbocycles. The largest absolute Gasteiger partial charge is 0.453 e. The van der Waals surface area contributed by atoms with Crippen LogP contribution in [-0.4, -0.2) is 37.7 Å². The van der Waals surface area contributed by atoms with Crippen LogP contribution in [0.1, 0.15) is 44.6 Å². The summed E-state index contributed by atoms with van der Waals surface area (Å²) in [6, 6.07) is 8.44. The van der Waals surface area contributed by atoms with Gasteiger partial charge in [-0.1, -0.05) is 18.9 Å². The zero-order valence-corrected chi connectivity index (χ0v) is 21.2. The van der Waals surface area contributed by atoms with Gasteiger partial charge in [0.2, 0.25) is 0 Å². The Hall–Kier alpha value is -1.94. The van der Waals surface area contributed by atoms with E-state index >= 15 is 0 Å². The van der Waals surface area contributed by atoms with Crippen molar-refractivity contribution in [3.8, 4) is 11.5 Å². The van der Waals surface area contributed by atoms with Crippen LogP contribution in [0.5, 0.6) is 11.5 Å². The molecule has 0 spiro atoms. The maximum atomic E-state index is 14.5. The molecule has 0 amide bonds. The fourth-order valence-electron chi connectivity index (χ4n) is 4.02. The summed E-state index contributed by atoms with van der Waals surface area (Å²) in [4.78, 5) is 8.30. The molecule has 1 aliphatic carbocycles. The molecule has 2 aromatic rings. The Balaban J connectivity index is 0.00000363. The molecule has 0 saturated heterocycles. The Morgan fingerprint density at radius 1 is 1.22 bits per heavy atom. The zero-order chi connectivity index (χ0) is 21.9. The molecule has 1 aliphatic rings. The van der Waals surface area contributed by atoms with Gasteiger partial charge in [0.25, 0.3) is 0 Å². The van der Waals surface area contributed by atoms with Crippen molar-refractivity contribution >= 4 is 29.9 Å². The number of pyridine rings is 1. The van der Waals surface area contributed by atoms with Crippen molar-refractivity contribution in [2.24, 2.45) is 10.4 Å². The molecule has 0 bridgehead atoms. The summed E-state index contributed by atoms with van der Waals surface area (Å²) in [7, 11) is 1.75. The Bertz CT molecular complexity index is 845. The molecule has 8 heteroatoms. The van der Waals surface area contributed by atoms with E-state index in [0.29, 0.717) is 12.3 Å². The third kappa shape index (κ3) is 7.88. The normalized spacial score (nSPS) is 15.2. The maximum absolute atomic E-state index is 14.5. The summed E-state index contributed by atoms with van der Waals surface area (Å²) in [5.41, 5.74) is 1.08. The van der Waals surface area contributed by atoms with E-state index in [2.05, 4.69) is 20.6 Å². The molecule has 3 rings (SSSR count). The maximum Gasteiger partial charge on any atom is 0.191 e. The molecule has 176 valence electrons. The van der Waals surface area contributed by atoms with Gasteiger partial charge >= 0.3 is 0 Å². The average Bonchev–Trinajstić information content (AvgIpc) is 3.25. The molecule has 1 heterocycles. The summed E-state index contributed by atoms with van der Waals surface area (Å²) >= 11 is 0. The van der Waals surface area contributed by atoms with E-state index in [9.17, 15) is 4.39 Å². The monoisotopic (exact) mass is 556 g/mol. The van der Waals surface area contributed by atoms with Crippen LogP contribution >= 0.6 is 24.0 Å². The molecular weight excluding hydrogens is 522 g/mol. The topological polar surface area (TPSA) is 67.8 Å². The number of hydrogen-bond acceptors (Lipinski definition) is 4. The first-order chi connectivity index (χ1) is 15.1. The van der Waals surface area contributed by atoms with Crippen molar-refractivity contribution in [2.75, 3.05) is 26.8 Å². The molecule has 32 heavy (non-hydrogen) atoms. The smallest absolute Gasteiger partial charge is 0.191 e. The number of guanidine groups is 1. The van der Waals surface area contributed by atoms with Crippen molar-refractivity contribution < 1.29 is 13.9 Å². The van der Waals surface area contributed by atoms with Gasteiger partial charge in [-0.3, -0.25) is 9.98 Å². The summed E-state index contributed by atoms with van der Waals surface area (Å²) in [5.74, 6) is 0.990. The van der Waals surface area contributed by atoms with Gasteiger partial charge in [-0.15, -0.1) is 24.0 Å². The molecule has 0 aliphatic heterocycles. The minimum absolute atomic E-state index is 0. The minimum atomic E-state index is -0.410. The lowest BCUT2D eigenvalue weighted by Gasteiger charge is -2.30. The molecule has 0 radical (unpaired) electrons. The minimum Gasteiger partial charge on any atom is -0.453 e. The number of halogens is 2. The van der Waals surface area contributed by atoms with Gasteiger partial charge in [0.1, 0.15) is 5.75 Å². The first-order valence-corrected chi connectivity index (χ1v) is 11.0. The van der Waals surface area contributed by atoms with E-state index in [-0.39, 0.29) is 35.1 Å². The standard InChI is InChI=1S/C24H33FN4O2.HI/c1-3-30-14-12-24(10-4-5-11-24)18-29-23(26-2)28-16-19-8-9-22(21(25)15-19)31-20-7-6-13-27-17-20;/h6-9,13,15,17H,3-5,10-12,14,16,18H2,1-2H3,(H2,26,28,29);1H. The molecular formula is C24H34FIN4O2. The van der Waals surface area contributed by atoms with E-state index in [1.54, 1.807) is 37.6 Å². The Morgan fingerprint density at radius 2 is 2.03 bits per heavy atom. The molecule has 6 nitrogen and oxygen atoms in total. The number of aliphatic imine (C=N–C) groups is 1. The molecule has 1 fully saturated rings. The van der Waals surface area contributed by atoms with E-state index < -0.39 is 5.82 Å². The SMILES string of the molecule is CCOCCC1(CNC(=NC)NCc2ccc(Oc3cccnc3)c(F)c2)CCCC1.I. The third-order valence-electron chi connectivity index (χ3n) is 5.82. The van der Waals surface area contributed by atoms with Crippen molar-refractivity contribution in [1.82, 2.24) is 15.6 Å². The zero-order valence-electron chi connectivity index (χ0n) is 18.9. The Morgan fingerprint density at radius 3 is 2.69 bits per heavy atom. The second-order valence-electron chi connectivity index (χ2n) is 7.99. The highest BCUT2D eigenvalue weighted by molar-refractivity contribution is 14.0. The van der Waals surface area contributed by atoms with Crippen LogP contribution in [-0.2, 0) is 11.3 Å². The molecule has 0 unspecified atom stereocenters. The number of nitrogens with zero attached hydrogens (tertiary/aromatic N) is 2. The first kappa shape index (κ1) is 26.3. The van der Waals surface area contributed by atoms with Crippen LogP contribution in [0.2, 0.25) is 0 Å². The number of ether oxygens (including phenoxy) is 2. The van der Waals surface area contributed by atoms with E-state index in [4.69, 9.17) is 9.47 Å². The van der Waals surface area contributed by atoms with Gasteiger partial charge in [-0.05, 0) is 61.4 Å². The summed E-state index contributed by atoms with van der Waals surface area (Å²) in [6.45, 7) is 4.93. The lowest BCUT2D eigenvalue weighted by atomic mass is 9.83. The van der Waals surface area contributed by atoms with E-state index in [1.165, 1.54) is 31.7 Å². The summed E-state index contributed by atoms with van der Waals surface area (Å²) in [6.07, 6.45) is 9.23. The molecule has 2 N–H and O–H groups in total. The molecule has 0 atom stereocenters. The lowest BCUT2D eigenvalue weighted by Crippen LogP contribution is -2.43. The van der Waals surface area contributed by atoms with Crippen molar-refractivity contribution in [2.45, 2.75) is 45.6 Å². The van der Waals surface area contributed by atoms with Crippen LogP contribution in [0, 0.1) is 11.2 Å². The van der Waals surface area contributed by atoms with E-state index in [0.717, 1.165) is 37.7 Å². The van der Waals surface area contributed by atoms with Gasteiger partial charge in [-0.25, -0.2) is 4.39 Å². The van der Waals surface area contributed by atoms with Crippen molar-refractivity contribution in [1.29, 1.82) is 0 Å². The first-order valence-electron chi connectivity index (χ1n) is 11.0. The Kier molecular flexibility index (Phi) is 11.2. The highest BCUT2D eigenvalue weighted by atomic mass is 127. The van der Waals surface area contributed by atoms with Gasteiger partial charge in [0.15, 0.2) is 17.5 Å². The molecule has 1 aromatic carbocycles. The van der Waals surface area contributed by atoms with Crippen LogP contribution in [0.3, 0.4) is 0 Å².